The smallest absolute Gasteiger partial charge is 0.181 e. The van der Waals surface area contributed by atoms with Gasteiger partial charge >= 0.3 is 0 Å². The molecule has 0 saturated heterocycles. The molecule has 102 valence electrons. The molecule has 0 aliphatic rings. The molecule has 0 amide bonds. The van der Waals surface area contributed by atoms with Crippen LogP contribution in [-0.2, 0) is 14.6 Å². The Kier molecular flexibility index (Phi) is 6.11. The van der Waals surface area contributed by atoms with Crippen molar-refractivity contribution >= 4 is 31.5 Å². The van der Waals surface area contributed by atoms with Gasteiger partial charge < -0.3 is 10.5 Å². The van der Waals surface area contributed by atoms with Gasteiger partial charge in [0.05, 0.1) is 17.3 Å². The SMILES string of the molecule is CCCCOCCS(=O)(=O)c1ccc(N)cc1Br. The van der Waals surface area contributed by atoms with E-state index in [1.165, 1.54) is 6.07 Å². The number of rotatable bonds is 7. The minimum atomic E-state index is -3.32. The van der Waals surface area contributed by atoms with E-state index in [-0.39, 0.29) is 17.3 Å². The van der Waals surface area contributed by atoms with E-state index in [1.807, 2.05) is 0 Å². The molecular weight excluding hydrogens is 318 g/mol. The number of unbranched alkanes of at least 4 members (excludes halogenated alkanes) is 1. The summed E-state index contributed by atoms with van der Waals surface area (Å²) in [5.74, 6) is -0.0147. The third-order valence-corrected chi connectivity index (χ3v) is 5.08. The monoisotopic (exact) mass is 335 g/mol. The minimum absolute atomic E-state index is 0.0147. The maximum absolute atomic E-state index is 12.0. The molecule has 0 aliphatic heterocycles. The quantitative estimate of drug-likeness (QED) is 0.614. The third-order valence-electron chi connectivity index (χ3n) is 2.43. The lowest BCUT2D eigenvalue weighted by atomic mass is 10.3. The molecule has 0 saturated carbocycles. The maximum Gasteiger partial charge on any atom is 0.181 e. The fourth-order valence-corrected chi connectivity index (χ4v) is 3.72. The molecule has 0 aromatic heterocycles. The maximum atomic E-state index is 12.0. The van der Waals surface area contributed by atoms with Crippen molar-refractivity contribution in [2.24, 2.45) is 0 Å². The van der Waals surface area contributed by atoms with Crippen LogP contribution in [0, 0.1) is 0 Å². The molecule has 0 bridgehead atoms. The molecule has 1 aromatic rings. The second-order valence-corrected chi connectivity index (χ2v) is 6.91. The van der Waals surface area contributed by atoms with E-state index < -0.39 is 9.84 Å². The third kappa shape index (κ3) is 4.59. The Bertz CT molecular complexity index is 488. The zero-order valence-electron chi connectivity index (χ0n) is 10.4. The fourth-order valence-electron chi connectivity index (χ4n) is 1.40. The van der Waals surface area contributed by atoms with Crippen LogP contribution in [0.4, 0.5) is 5.69 Å². The Balaban J connectivity index is 2.63. The van der Waals surface area contributed by atoms with Gasteiger partial charge in [0.15, 0.2) is 9.84 Å². The Labute approximate surface area is 117 Å². The lowest BCUT2D eigenvalue weighted by Crippen LogP contribution is -2.13. The minimum Gasteiger partial charge on any atom is -0.399 e. The van der Waals surface area contributed by atoms with Crippen LogP contribution < -0.4 is 5.73 Å². The van der Waals surface area contributed by atoms with Crippen molar-refractivity contribution in [2.45, 2.75) is 24.7 Å². The first kappa shape index (κ1) is 15.5. The van der Waals surface area contributed by atoms with Crippen molar-refractivity contribution in [3.8, 4) is 0 Å². The van der Waals surface area contributed by atoms with Crippen LogP contribution in [0.15, 0.2) is 27.6 Å². The molecular formula is C12H18BrNO3S. The van der Waals surface area contributed by atoms with Crippen molar-refractivity contribution in [1.82, 2.24) is 0 Å². The second kappa shape index (κ2) is 7.11. The number of hydrogen-bond acceptors (Lipinski definition) is 4. The first-order chi connectivity index (χ1) is 8.47. The summed E-state index contributed by atoms with van der Waals surface area (Å²) in [5, 5.41) is 0. The molecule has 2 N–H and O–H groups in total. The Morgan fingerprint density at radius 3 is 2.67 bits per heavy atom. The number of nitrogen functional groups attached to an aromatic ring is 1. The van der Waals surface area contributed by atoms with Crippen LogP contribution in [0.25, 0.3) is 0 Å². The summed E-state index contributed by atoms with van der Waals surface area (Å²) in [6.07, 6.45) is 1.99. The van der Waals surface area contributed by atoms with Crippen LogP contribution in [0.2, 0.25) is 0 Å². The van der Waals surface area contributed by atoms with E-state index in [0.717, 1.165) is 12.8 Å². The average molecular weight is 336 g/mol. The van der Waals surface area contributed by atoms with Gasteiger partial charge in [0.2, 0.25) is 0 Å². The van der Waals surface area contributed by atoms with Crippen molar-refractivity contribution in [3.05, 3.63) is 22.7 Å². The summed E-state index contributed by atoms with van der Waals surface area (Å²) in [6.45, 7) is 2.89. The van der Waals surface area contributed by atoms with Crippen molar-refractivity contribution in [3.63, 3.8) is 0 Å². The Morgan fingerprint density at radius 2 is 2.06 bits per heavy atom. The molecule has 18 heavy (non-hydrogen) atoms. The van der Waals surface area contributed by atoms with E-state index >= 15 is 0 Å². The number of benzene rings is 1. The van der Waals surface area contributed by atoms with E-state index in [0.29, 0.717) is 16.8 Å². The Morgan fingerprint density at radius 1 is 1.33 bits per heavy atom. The summed E-state index contributed by atoms with van der Waals surface area (Å²) in [5.41, 5.74) is 6.10. The molecule has 0 spiro atoms. The molecule has 0 radical (unpaired) electrons. The highest BCUT2D eigenvalue weighted by molar-refractivity contribution is 9.10. The van der Waals surface area contributed by atoms with Gasteiger partial charge in [-0.25, -0.2) is 8.42 Å². The highest BCUT2D eigenvalue weighted by atomic mass is 79.9. The number of sulfone groups is 1. The van der Waals surface area contributed by atoms with Crippen molar-refractivity contribution in [1.29, 1.82) is 0 Å². The lowest BCUT2D eigenvalue weighted by Gasteiger charge is -2.08. The first-order valence-electron chi connectivity index (χ1n) is 5.83. The predicted molar refractivity (Wildman–Crippen MR) is 76.3 cm³/mol. The van der Waals surface area contributed by atoms with E-state index in [4.69, 9.17) is 10.5 Å². The van der Waals surface area contributed by atoms with Crippen LogP contribution in [0.1, 0.15) is 19.8 Å². The normalized spacial score (nSPS) is 11.7. The van der Waals surface area contributed by atoms with Gasteiger partial charge in [-0.15, -0.1) is 0 Å². The molecule has 0 unspecified atom stereocenters. The average Bonchev–Trinajstić information content (AvgIpc) is 2.28. The fraction of sp³-hybridized carbons (Fsp3) is 0.500. The number of hydrogen-bond donors (Lipinski definition) is 1. The van der Waals surface area contributed by atoms with E-state index in [1.54, 1.807) is 12.1 Å². The molecule has 0 fully saturated rings. The zero-order chi connectivity index (χ0) is 13.6. The molecule has 0 heterocycles. The van der Waals surface area contributed by atoms with Crippen LogP contribution in [0.5, 0.6) is 0 Å². The summed E-state index contributed by atoms with van der Waals surface area (Å²) in [4.78, 5) is 0.260. The summed E-state index contributed by atoms with van der Waals surface area (Å²) < 4.78 is 29.9. The first-order valence-corrected chi connectivity index (χ1v) is 8.27. The largest absolute Gasteiger partial charge is 0.399 e. The molecule has 4 nitrogen and oxygen atoms in total. The van der Waals surface area contributed by atoms with Crippen molar-refractivity contribution < 1.29 is 13.2 Å². The highest BCUT2D eigenvalue weighted by Crippen LogP contribution is 2.25. The van der Waals surface area contributed by atoms with Crippen LogP contribution in [-0.4, -0.2) is 27.4 Å². The van der Waals surface area contributed by atoms with Gasteiger partial charge in [-0.3, -0.25) is 0 Å². The topological polar surface area (TPSA) is 69.4 Å². The molecule has 1 rings (SSSR count). The number of ether oxygens (including phenoxy) is 1. The second-order valence-electron chi connectivity index (χ2n) is 3.97. The van der Waals surface area contributed by atoms with Gasteiger partial charge in [0, 0.05) is 16.8 Å². The molecule has 0 atom stereocenters. The van der Waals surface area contributed by atoms with E-state index in [2.05, 4.69) is 22.9 Å². The Hall–Kier alpha value is -0.590. The predicted octanol–water partition coefficient (Wildman–Crippen LogP) is 2.62. The number of nitrogens with two attached hydrogens (primary N) is 1. The lowest BCUT2D eigenvalue weighted by molar-refractivity contribution is 0.146. The van der Waals surface area contributed by atoms with Gasteiger partial charge in [0.25, 0.3) is 0 Å². The van der Waals surface area contributed by atoms with Gasteiger partial charge in [-0.05, 0) is 40.5 Å². The molecule has 0 aliphatic carbocycles. The standard InChI is InChI=1S/C12H18BrNO3S/c1-2-3-6-17-7-8-18(15,16)12-5-4-10(14)9-11(12)13/h4-5,9H,2-3,6-8,14H2,1H3. The highest BCUT2D eigenvalue weighted by Gasteiger charge is 2.17. The van der Waals surface area contributed by atoms with E-state index in [9.17, 15) is 8.42 Å². The number of halogens is 1. The summed E-state index contributed by atoms with van der Waals surface area (Å²) >= 11 is 3.22. The molecule has 6 heteroatoms. The van der Waals surface area contributed by atoms with Crippen LogP contribution in [0.3, 0.4) is 0 Å². The van der Waals surface area contributed by atoms with Gasteiger partial charge in [-0.2, -0.15) is 0 Å². The summed E-state index contributed by atoms with van der Waals surface area (Å²) in [6, 6.07) is 4.68. The zero-order valence-corrected chi connectivity index (χ0v) is 12.8. The molecule has 1 aromatic carbocycles. The number of anilines is 1. The summed E-state index contributed by atoms with van der Waals surface area (Å²) in [7, 11) is -3.32. The van der Waals surface area contributed by atoms with Gasteiger partial charge in [-0.1, -0.05) is 13.3 Å². The van der Waals surface area contributed by atoms with Crippen LogP contribution >= 0.6 is 15.9 Å². The van der Waals surface area contributed by atoms with Crippen molar-refractivity contribution in [2.75, 3.05) is 24.7 Å². The van der Waals surface area contributed by atoms with Gasteiger partial charge in [0.1, 0.15) is 0 Å².